The van der Waals surface area contributed by atoms with Gasteiger partial charge in [-0.3, -0.25) is 4.79 Å². The van der Waals surface area contributed by atoms with Crippen LogP contribution in [-0.2, 0) is 9.53 Å². The van der Waals surface area contributed by atoms with E-state index in [-0.39, 0.29) is 11.9 Å². The number of hydrogen-bond acceptors (Lipinski definition) is 2. The minimum absolute atomic E-state index is 0.00116. The molecule has 0 fully saturated rings. The summed E-state index contributed by atoms with van der Waals surface area (Å²) in [5.74, 6) is 0.329. The molecule has 0 aromatic heterocycles. The number of esters is 1. The van der Waals surface area contributed by atoms with Crippen LogP contribution in [0.15, 0.2) is 30.3 Å². The van der Waals surface area contributed by atoms with Gasteiger partial charge in [0.15, 0.2) is 0 Å². The molecule has 96 valence electrons. The number of carbonyl (C=O) groups excluding carboxylic acids is 1. The van der Waals surface area contributed by atoms with E-state index in [0.29, 0.717) is 12.5 Å². The molecular formula is C15H24O2. The van der Waals surface area contributed by atoms with Crippen LogP contribution < -0.4 is 0 Å². The van der Waals surface area contributed by atoms with Gasteiger partial charge in [0.25, 0.3) is 0 Å². The summed E-state index contributed by atoms with van der Waals surface area (Å²) >= 11 is 0. The van der Waals surface area contributed by atoms with Gasteiger partial charge in [0, 0.05) is 0 Å². The van der Waals surface area contributed by atoms with Crippen molar-refractivity contribution in [3.63, 3.8) is 0 Å². The molecule has 1 aromatic carbocycles. The fraction of sp³-hybridized carbons (Fsp3) is 0.533. The van der Waals surface area contributed by atoms with Gasteiger partial charge >= 0.3 is 5.97 Å². The first kappa shape index (κ1) is 15.7. The first-order valence-electron chi connectivity index (χ1n) is 6.11. The van der Waals surface area contributed by atoms with Crippen LogP contribution in [0, 0.1) is 18.8 Å². The fourth-order valence-electron chi connectivity index (χ4n) is 0.950. The largest absolute Gasteiger partial charge is 0.465 e. The quantitative estimate of drug-likeness (QED) is 0.745. The second-order valence-corrected chi connectivity index (χ2v) is 4.83. The lowest BCUT2D eigenvalue weighted by Crippen LogP contribution is -2.14. The minimum Gasteiger partial charge on any atom is -0.465 e. The maximum Gasteiger partial charge on any atom is 0.308 e. The van der Waals surface area contributed by atoms with Crippen molar-refractivity contribution in [3.05, 3.63) is 35.9 Å². The molecule has 1 aromatic rings. The number of benzene rings is 1. The molecule has 0 saturated heterocycles. The second-order valence-electron chi connectivity index (χ2n) is 4.83. The van der Waals surface area contributed by atoms with Crippen LogP contribution in [0.1, 0.15) is 33.3 Å². The van der Waals surface area contributed by atoms with Crippen LogP contribution in [0.5, 0.6) is 0 Å². The van der Waals surface area contributed by atoms with Crippen molar-refractivity contribution >= 4 is 5.97 Å². The fourth-order valence-corrected chi connectivity index (χ4v) is 0.950. The van der Waals surface area contributed by atoms with Crippen molar-refractivity contribution in [2.45, 2.75) is 34.6 Å². The standard InChI is InChI=1S/C8H16O2.C7H8/c1-6(2)5-10-8(9)7(3)4;1-7-5-3-2-4-6-7/h6-7H,5H2,1-4H3;2-6H,1H3. The molecule has 0 amide bonds. The van der Waals surface area contributed by atoms with E-state index in [1.807, 2.05) is 45.9 Å². The maximum atomic E-state index is 10.8. The van der Waals surface area contributed by atoms with Gasteiger partial charge in [0.1, 0.15) is 0 Å². The molecular weight excluding hydrogens is 212 g/mol. The Morgan fingerprint density at radius 2 is 1.65 bits per heavy atom. The summed E-state index contributed by atoms with van der Waals surface area (Å²) in [5.41, 5.74) is 1.32. The SMILES string of the molecule is CC(C)COC(=O)C(C)C.Cc1ccccc1. The van der Waals surface area contributed by atoms with Gasteiger partial charge in [-0.1, -0.05) is 63.6 Å². The molecule has 17 heavy (non-hydrogen) atoms. The lowest BCUT2D eigenvalue weighted by atomic mass is 10.2. The predicted octanol–water partition coefficient (Wildman–Crippen LogP) is 3.84. The highest BCUT2D eigenvalue weighted by Gasteiger charge is 2.07. The van der Waals surface area contributed by atoms with E-state index in [2.05, 4.69) is 19.1 Å². The molecule has 0 saturated carbocycles. The van der Waals surface area contributed by atoms with Gasteiger partial charge in [-0.2, -0.15) is 0 Å². The Morgan fingerprint density at radius 1 is 1.12 bits per heavy atom. The van der Waals surface area contributed by atoms with Crippen molar-refractivity contribution in [1.82, 2.24) is 0 Å². The summed E-state index contributed by atoms with van der Waals surface area (Å²) in [7, 11) is 0. The Hall–Kier alpha value is -1.31. The Labute approximate surface area is 105 Å². The zero-order chi connectivity index (χ0) is 13.3. The average Bonchev–Trinajstić information content (AvgIpc) is 2.27. The molecule has 0 radical (unpaired) electrons. The number of hydrogen-bond donors (Lipinski definition) is 0. The number of aryl methyl sites for hydroxylation is 1. The van der Waals surface area contributed by atoms with Crippen molar-refractivity contribution in [2.75, 3.05) is 6.61 Å². The highest BCUT2D eigenvalue weighted by atomic mass is 16.5. The van der Waals surface area contributed by atoms with Crippen molar-refractivity contribution in [3.8, 4) is 0 Å². The molecule has 2 heteroatoms. The molecule has 2 nitrogen and oxygen atoms in total. The average molecular weight is 236 g/mol. The minimum atomic E-state index is -0.103. The van der Waals surface area contributed by atoms with E-state index in [1.165, 1.54) is 5.56 Å². The number of rotatable bonds is 3. The van der Waals surface area contributed by atoms with E-state index in [4.69, 9.17) is 4.74 Å². The Morgan fingerprint density at radius 3 is 1.94 bits per heavy atom. The molecule has 0 unspecified atom stereocenters. The van der Waals surface area contributed by atoms with Crippen LogP contribution in [0.2, 0.25) is 0 Å². The molecule has 0 atom stereocenters. The topological polar surface area (TPSA) is 26.3 Å². The smallest absolute Gasteiger partial charge is 0.308 e. The summed E-state index contributed by atoms with van der Waals surface area (Å²) in [6.07, 6.45) is 0. The van der Waals surface area contributed by atoms with Crippen molar-refractivity contribution in [2.24, 2.45) is 11.8 Å². The third-order valence-corrected chi connectivity index (χ3v) is 1.97. The highest BCUT2D eigenvalue weighted by molar-refractivity contribution is 5.71. The third kappa shape index (κ3) is 9.61. The monoisotopic (exact) mass is 236 g/mol. The lowest BCUT2D eigenvalue weighted by Gasteiger charge is -2.08. The first-order valence-corrected chi connectivity index (χ1v) is 6.11. The molecule has 0 heterocycles. The summed E-state index contributed by atoms with van der Waals surface area (Å²) in [4.78, 5) is 10.8. The molecule has 0 N–H and O–H groups in total. The molecule has 0 bridgehead atoms. The number of carbonyl (C=O) groups is 1. The summed E-state index contributed by atoms with van der Waals surface area (Å²) in [6.45, 7) is 10.3. The highest BCUT2D eigenvalue weighted by Crippen LogP contribution is 1.99. The molecule has 0 aliphatic carbocycles. The van der Waals surface area contributed by atoms with Crippen LogP contribution in [0.25, 0.3) is 0 Å². The Bertz CT molecular complexity index is 302. The predicted molar refractivity (Wildman–Crippen MR) is 71.8 cm³/mol. The van der Waals surface area contributed by atoms with E-state index < -0.39 is 0 Å². The van der Waals surface area contributed by atoms with Crippen LogP contribution in [0.3, 0.4) is 0 Å². The van der Waals surface area contributed by atoms with Gasteiger partial charge in [-0.15, -0.1) is 0 Å². The van der Waals surface area contributed by atoms with Gasteiger partial charge in [0.2, 0.25) is 0 Å². The zero-order valence-corrected chi connectivity index (χ0v) is 11.6. The van der Waals surface area contributed by atoms with E-state index in [1.54, 1.807) is 0 Å². The lowest BCUT2D eigenvalue weighted by molar-refractivity contribution is -0.148. The molecule has 1 rings (SSSR count). The van der Waals surface area contributed by atoms with Crippen LogP contribution >= 0.6 is 0 Å². The maximum absolute atomic E-state index is 10.8. The Balaban J connectivity index is 0.000000318. The van der Waals surface area contributed by atoms with Crippen molar-refractivity contribution < 1.29 is 9.53 Å². The van der Waals surface area contributed by atoms with Gasteiger partial charge < -0.3 is 4.74 Å². The van der Waals surface area contributed by atoms with E-state index >= 15 is 0 Å². The van der Waals surface area contributed by atoms with Crippen LogP contribution in [-0.4, -0.2) is 12.6 Å². The summed E-state index contributed by atoms with van der Waals surface area (Å²) in [5, 5.41) is 0. The third-order valence-electron chi connectivity index (χ3n) is 1.97. The Kier molecular flexibility index (Phi) is 8.12. The second kappa shape index (κ2) is 8.80. The zero-order valence-electron chi connectivity index (χ0n) is 11.6. The van der Waals surface area contributed by atoms with Gasteiger partial charge in [0.05, 0.1) is 12.5 Å². The van der Waals surface area contributed by atoms with Crippen LogP contribution in [0.4, 0.5) is 0 Å². The normalized spacial score (nSPS) is 9.82. The molecule has 0 spiro atoms. The first-order chi connectivity index (χ1) is 7.93. The molecule has 0 aliphatic heterocycles. The summed E-state index contributed by atoms with van der Waals surface area (Å²) < 4.78 is 4.93. The number of ether oxygens (including phenoxy) is 1. The van der Waals surface area contributed by atoms with Gasteiger partial charge in [-0.05, 0) is 12.8 Å². The molecule has 0 aliphatic rings. The van der Waals surface area contributed by atoms with Gasteiger partial charge in [-0.25, -0.2) is 0 Å². The van der Waals surface area contributed by atoms with E-state index in [0.717, 1.165) is 0 Å². The van der Waals surface area contributed by atoms with Crippen molar-refractivity contribution in [1.29, 1.82) is 0 Å². The van der Waals surface area contributed by atoms with E-state index in [9.17, 15) is 4.79 Å². The summed E-state index contributed by atoms with van der Waals surface area (Å²) in [6, 6.07) is 10.3.